The number of hydrogen-bond donors (Lipinski definition) is 1. The lowest BCUT2D eigenvalue weighted by Gasteiger charge is -2.12. The fourth-order valence-electron chi connectivity index (χ4n) is 1.74. The van der Waals surface area contributed by atoms with E-state index in [0.717, 1.165) is 11.5 Å². The normalized spacial score (nSPS) is 12.7. The maximum Gasteiger partial charge on any atom is 0.130 e. The Labute approximate surface area is 105 Å². The average Bonchev–Trinajstić information content (AvgIpc) is 2.75. The molecule has 18 heavy (non-hydrogen) atoms. The van der Waals surface area contributed by atoms with E-state index in [9.17, 15) is 8.78 Å². The Morgan fingerprint density at radius 1 is 1.17 bits per heavy atom. The molecule has 96 valence electrons. The van der Waals surface area contributed by atoms with Crippen LogP contribution < -0.4 is 5.32 Å². The van der Waals surface area contributed by atoms with Gasteiger partial charge in [0.15, 0.2) is 0 Å². The van der Waals surface area contributed by atoms with E-state index in [2.05, 4.69) is 5.32 Å². The summed E-state index contributed by atoms with van der Waals surface area (Å²) in [5.74, 6) is 0.496. The molecule has 1 unspecified atom stereocenters. The van der Waals surface area contributed by atoms with E-state index >= 15 is 0 Å². The summed E-state index contributed by atoms with van der Waals surface area (Å²) in [5, 5.41) is 3.04. The van der Waals surface area contributed by atoms with Crippen molar-refractivity contribution in [3.8, 4) is 0 Å². The summed E-state index contributed by atoms with van der Waals surface area (Å²) in [4.78, 5) is 0. The zero-order valence-electron chi connectivity index (χ0n) is 10.3. The second kappa shape index (κ2) is 5.31. The van der Waals surface area contributed by atoms with Gasteiger partial charge in [0, 0.05) is 12.1 Å². The summed E-state index contributed by atoms with van der Waals surface area (Å²) in [6.07, 6.45) is 0. The van der Waals surface area contributed by atoms with Gasteiger partial charge in [0.05, 0.1) is 6.04 Å². The summed E-state index contributed by atoms with van der Waals surface area (Å²) in [6.45, 7) is 3.86. The van der Waals surface area contributed by atoms with Gasteiger partial charge < -0.3 is 9.73 Å². The Morgan fingerprint density at radius 2 is 1.83 bits per heavy atom. The zero-order chi connectivity index (χ0) is 13.1. The van der Waals surface area contributed by atoms with Crippen molar-refractivity contribution in [1.29, 1.82) is 0 Å². The Hall–Kier alpha value is -1.68. The molecule has 2 nitrogen and oxygen atoms in total. The minimum atomic E-state index is -0.537. The first-order valence-electron chi connectivity index (χ1n) is 5.80. The predicted octanol–water partition coefficient (Wildman–Crippen LogP) is 3.72. The van der Waals surface area contributed by atoms with Gasteiger partial charge in [-0.2, -0.15) is 0 Å². The topological polar surface area (TPSA) is 25.2 Å². The fraction of sp³-hybridized carbons (Fsp3) is 0.286. The van der Waals surface area contributed by atoms with E-state index in [1.54, 1.807) is 0 Å². The molecule has 1 atom stereocenters. The van der Waals surface area contributed by atoms with Crippen LogP contribution in [0, 0.1) is 18.6 Å². The molecule has 1 N–H and O–H groups in total. The Balaban J connectivity index is 2.03. The highest BCUT2D eigenvalue weighted by molar-refractivity contribution is 5.20. The van der Waals surface area contributed by atoms with Gasteiger partial charge in [0.2, 0.25) is 0 Å². The first-order chi connectivity index (χ1) is 8.58. The van der Waals surface area contributed by atoms with Crippen LogP contribution in [0.1, 0.15) is 30.0 Å². The number of furan rings is 1. The highest BCUT2D eigenvalue weighted by Gasteiger charge is 2.12. The molecule has 1 aromatic heterocycles. The highest BCUT2D eigenvalue weighted by Crippen LogP contribution is 2.17. The fourth-order valence-corrected chi connectivity index (χ4v) is 1.74. The number of benzene rings is 1. The van der Waals surface area contributed by atoms with Gasteiger partial charge >= 0.3 is 0 Å². The molecule has 2 rings (SSSR count). The quantitative estimate of drug-likeness (QED) is 0.896. The van der Waals surface area contributed by atoms with Crippen molar-refractivity contribution in [2.24, 2.45) is 0 Å². The first kappa shape index (κ1) is 12.8. The number of nitrogens with one attached hydrogen (secondary N) is 1. The van der Waals surface area contributed by atoms with Gasteiger partial charge in [-0.05, 0) is 38.1 Å². The summed E-state index contributed by atoms with van der Waals surface area (Å²) >= 11 is 0. The Bertz CT molecular complexity index is 516. The van der Waals surface area contributed by atoms with Gasteiger partial charge in [-0.25, -0.2) is 8.78 Å². The number of halogens is 2. The third kappa shape index (κ3) is 2.76. The molecule has 2 aromatic rings. The Kier molecular flexibility index (Phi) is 3.77. The summed E-state index contributed by atoms with van der Waals surface area (Å²) in [7, 11) is 0. The summed E-state index contributed by atoms with van der Waals surface area (Å²) < 4.78 is 32.3. The van der Waals surface area contributed by atoms with Crippen molar-refractivity contribution < 1.29 is 13.2 Å². The molecule has 0 spiro atoms. The predicted molar refractivity (Wildman–Crippen MR) is 65.1 cm³/mol. The van der Waals surface area contributed by atoms with Crippen LogP contribution in [0.5, 0.6) is 0 Å². The van der Waals surface area contributed by atoms with E-state index in [4.69, 9.17) is 4.42 Å². The maximum atomic E-state index is 13.4. The third-order valence-corrected chi connectivity index (χ3v) is 2.83. The average molecular weight is 251 g/mol. The van der Waals surface area contributed by atoms with Crippen molar-refractivity contribution in [2.45, 2.75) is 26.4 Å². The molecule has 4 heteroatoms. The van der Waals surface area contributed by atoms with Gasteiger partial charge in [-0.3, -0.25) is 0 Å². The Morgan fingerprint density at radius 3 is 2.39 bits per heavy atom. The van der Waals surface area contributed by atoms with Gasteiger partial charge in [0.1, 0.15) is 23.2 Å². The van der Waals surface area contributed by atoms with E-state index in [1.807, 2.05) is 26.0 Å². The molecule has 0 aliphatic heterocycles. The SMILES string of the molecule is Cc1ccc(C(C)NCc2c(F)cccc2F)o1. The molecule has 0 amide bonds. The molecular weight excluding hydrogens is 236 g/mol. The lowest BCUT2D eigenvalue weighted by molar-refractivity contribution is 0.410. The van der Waals surface area contributed by atoms with Crippen LogP contribution in [0.2, 0.25) is 0 Å². The smallest absolute Gasteiger partial charge is 0.130 e. The van der Waals surface area contributed by atoms with E-state index in [-0.39, 0.29) is 18.2 Å². The van der Waals surface area contributed by atoms with Crippen molar-refractivity contribution in [1.82, 2.24) is 5.32 Å². The molecule has 0 aliphatic rings. The monoisotopic (exact) mass is 251 g/mol. The molecule has 0 aliphatic carbocycles. The highest BCUT2D eigenvalue weighted by atomic mass is 19.1. The first-order valence-corrected chi connectivity index (χ1v) is 5.80. The minimum absolute atomic E-state index is 0.0487. The number of aryl methyl sites for hydroxylation is 1. The molecule has 0 radical (unpaired) electrons. The van der Waals surface area contributed by atoms with E-state index < -0.39 is 11.6 Å². The van der Waals surface area contributed by atoms with Gasteiger partial charge in [0.25, 0.3) is 0 Å². The van der Waals surface area contributed by atoms with Crippen LogP contribution in [0.4, 0.5) is 8.78 Å². The maximum absolute atomic E-state index is 13.4. The second-order valence-electron chi connectivity index (χ2n) is 4.25. The number of hydrogen-bond acceptors (Lipinski definition) is 2. The summed E-state index contributed by atoms with van der Waals surface area (Å²) in [6, 6.07) is 7.47. The molecule has 0 fully saturated rings. The van der Waals surface area contributed by atoms with Crippen LogP contribution >= 0.6 is 0 Å². The molecule has 1 aromatic carbocycles. The van der Waals surface area contributed by atoms with Crippen molar-refractivity contribution in [2.75, 3.05) is 0 Å². The van der Waals surface area contributed by atoms with Gasteiger partial charge in [-0.15, -0.1) is 0 Å². The van der Waals surface area contributed by atoms with E-state index in [1.165, 1.54) is 18.2 Å². The lowest BCUT2D eigenvalue weighted by atomic mass is 10.1. The summed E-state index contributed by atoms with van der Waals surface area (Å²) in [5.41, 5.74) is 0.0487. The number of rotatable bonds is 4. The molecular formula is C14H15F2NO. The van der Waals surface area contributed by atoms with Crippen molar-refractivity contribution in [3.63, 3.8) is 0 Å². The van der Waals surface area contributed by atoms with Crippen LogP contribution in [-0.4, -0.2) is 0 Å². The van der Waals surface area contributed by atoms with Crippen LogP contribution in [0.3, 0.4) is 0 Å². The van der Waals surface area contributed by atoms with Crippen LogP contribution in [0.15, 0.2) is 34.7 Å². The molecule has 0 bridgehead atoms. The van der Waals surface area contributed by atoms with Crippen LogP contribution in [0.25, 0.3) is 0 Å². The lowest BCUT2D eigenvalue weighted by Crippen LogP contribution is -2.19. The molecule has 0 saturated heterocycles. The van der Waals surface area contributed by atoms with Crippen molar-refractivity contribution >= 4 is 0 Å². The minimum Gasteiger partial charge on any atom is -0.465 e. The second-order valence-corrected chi connectivity index (χ2v) is 4.25. The molecule has 1 heterocycles. The third-order valence-electron chi connectivity index (χ3n) is 2.83. The standard InChI is InChI=1S/C14H15F2NO/c1-9-6-7-14(18-9)10(2)17-8-11-12(15)4-3-5-13(11)16/h3-7,10,17H,8H2,1-2H3. The zero-order valence-corrected chi connectivity index (χ0v) is 10.3. The van der Waals surface area contributed by atoms with E-state index in [0.29, 0.717) is 0 Å². The van der Waals surface area contributed by atoms with Gasteiger partial charge in [-0.1, -0.05) is 6.07 Å². The largest absolute Gasteiger partial charge is 0.465 e. The van der Waals surface area contributed by atoms with Crippen molar-refractivity contribution in [3.05, 3.63) is 59.1 Å². The molecule has 0 saturated carbocycles. The van der Waals surface area contributed by atoms with Crippen LogP contribution in [-0.2, 0) is 6.54 Å².